The molecule has 1 rings (SSSR count). The van der Waals surface area contributed by atoms with E-state index in [9.17, 15) is 9.59 Å². The lowest BCUT2D eigenvalue weighted by molar-refractivity contribution is -0.139. The van der Waals surface area contributed by atoms with Gasteiger partial charge in [0.1, 0.15) is 5.15 Å². The molecule has 0 unspecified atom stereocenters. The topological polar surface area (TPSA) is 101 Å². The van der Waals surface area contributed by atoms with Gasteiger partial charge in [-0.3, -0.25) is 14.9 Å². The molecule has 0 saturated carbocycles. The van der Waals surface area contributed by atoms with Gasteiger partial charge in [-0.25, -0.2) is 4.98 Å². The van der Waals surface area contributed by atoms with Crippen molar-refractivity contribution in [3.8, 4) is 5.88 Å². The van der Waals surface area contributed by atoms with E-state index in [-0.39, 0.29) is 35.7 Å². The van der Waals surface area contributed by atoms with Crippen LogP contribution in [0.1, 0.15) is 26.7 Å². The number of rotatable bonds is 6. The summed E-state index contributed by atoms with van der Waals surface area (Å²) < 4.78 is 4.91. The van der Waals surface area contributed by atoms with E-state index in [1.165, 1.54) is 13.2 Å². The molecule has 8 heteroatoms. The van der Waals surface area contributed by atoms with Gasteiger partial charge in [-0.2, -0.15) is 4.98 Å². The summed E-state index contributed by atoms with van der Waals surface area (Å²) in [5.74, 6) is -1.10. The number of carboxylic acids is 1. The highest BCUT2D eigenvalue weighted by Crippen LogP contribution is 2.25. The Balaban J connectivity index is 2.71. The van der Waals surface area contributed by atoms with Crippen LogP contribution in [0.3, 0.4) is 0 Å². The van der Waals surface area contributed by atoms with Crippen LogP contribution >= 0.6 is 11.6 Å². The average Bonchev–Trinajstić information content (AvgIpc) is 2.24. The number of hydrogen-bond donors (Lipinski definition) is 2. The number of hydrogen-bond acceptors (Lipinski definition) is 5. The Morgan fingerprint density at radius 3 is 2.60 bits per heavy atom. The van der Waals surface area contributed by atoms with E-state index in [2.05, 4.69) is 15.3 Å². The van der Waals surface area contributed by atoms with Gasteiger partial charge in [-0.1, -0.05) is 25.4 Å². The van der Waals surface area contributed by atoms with E-state index >= 15 is 0 Å². The van der Waals surface area contributed by atoms with Crippen LogP contribution in [-0.2, 0) is 9.59 Å². The molecule has 0 bridgehead atoms. The monoisotopic (exact) mass is 301 g/mol. The van der Waals surface area contributed by atoms with Gasteiger partial charge in [0.05, 0.1) is 13.5 Å². The van der Waals surface area contributed by atoms with Gasteiger partial charge < -0.3 is 9.84 Å². The fraction of sp³-hybridized carbons (Fsp3) is 0.500. The van der Waals surface area contributed by atoms with Crippen molar-refractivity contribution in [3.63, 3.8) is 0 Å². The molecule has 1 heterocycles. The van der Waals surface area contributed by atoms with Crippen LogP contribution in [0.2, 0.25) is 5.15 Å². The van der Waals surface area contributed by atoms with E-state index in [1.54, 1.807) is 13.8 Å². The number of halogens is 1. The number of aromatic nitrogens is 2. The van der Waals surface area contributed by atoms with Crippen LogP contribution in [-0.4, -0.2) is 34.1 Å². The summed E-state index contributed by atoms with van der Waals surface area (Å²) in [6.45, 7) is 3.39. The minimum Gasteiger partial charge on any atom is -0.481 e. The molecule has 0 aliphatic carbocycles. The molecule has 110 valence electrons. The van der Waals surface area contributed by atoms with Crippen LogP contribution in [0.4, 0.5) is 5.95 Å². The minimum absolute atomic E-state index is 0.0190. The van der Waals surface area contributed by atoms with Gasteiger partial charge in [0.15, 0.2) is 0 Å². The third-order valence-corrected chi connectivity index (χ3v) is 2.59. The molecule has 1 aromatic heterocycles. The summed E-state index contributed by atoms with van der Waals surface area (Å²) in [6, 6.07) is 1.41. The molecule has 0 radical (unpaired) electrons. The number of carbonyl (C=O) groups excluding carboxylic acids is 1. The van der Waals surface area contributed by atoms with E-state index in [4.69, 9.17) is 21.4 Å². The van der Waals surface area contributed by atoms with E-state index in [0.29, 0.717) is 0 Å². The smallest absolute Gasteiger partial charge is 0.303 e. The summed E-state index contributed by atoms with van der Waals surface area (Å²) in [6.07, 6.45) is -0.0857. The second-order valence-electron chi connectivity index (χ2n) is 5.02. The molecule has 0 aliphatic heterocycles. The standard InChI is InChI=1S/C12H16ClN3O4/c1-12(2,6-10(18)19)5-8(17)15-11-14-7(13)4-9(16-11)20-3/h4H,5-6H2,1-3H3,(H,18,19)(H,14,15,16,17). The van der Waals surface area contributed by atoms with Crippen molar-refractivity contribution in [3.05, 3.63) is 11.2 Å². The first-order valence-electron chi connectivity index (χ1n) is 5.82. The lowest BCUT2D eigenvalue weighted by Crippen LogP contribution is -2.25. The third kappa shape index (κ3) is 5.40. The second kappa shape index (κ2) is 6.51. The molecule has 0 spiro atoms. The van der Waals surface area contributed by atoms with Crippen molar-refractivity contribution in [2.24, 2.45) is 5.41 Å². The molecule has 0 fully saturated rings. The Morgan fingerprint density at radius 1 is 1.40 bits per heavy atom. The molecule has 0 aliphatic rings. The molecule has 1 aromatic rings. The van der Waals surface area contributed by atoms with Crippen molar-refractivity contribution in [2.75, 3.05) is 12.4 Å². The summed E-state index contributed by atoms with van der Waals surface area (Å²) in [5.41, 5.74) is -0.668. The van der Waals surface area contributed by atoms with Gasteiger partial charge in [-0.15, -0.1) is 0 Å². The zero-order valence-electron chi connectivity index (χ0n) is 11.4. The van der Waals surface area contributed by atoms with Crippen molar-refractivity contribution < 1.29 is 19.4 Å². The molecular weight excluding hydrogens is 286 g/mol. The van der Waals surface area contributed by atoms with Crippen LogP contribution in [0.5, 0.6) is 5.88 Å². The highest BCUT2D eigenvalue weighted by atomic mass is 35.5. The van der Waals surface area contributed by atoms with Gasteiger partial charge in [-0.05, 0) is 5.41 Å². The van der Waals surface area contributed by atoms with Crippen molar-refractivity contribution >= 4 is 29.4 Å². The Kier molecular flexibility index (Phi) is 5.26. The fourth-order valence-electron chi connectivity index (χ4n) is 1.63. The number of aliphatic carboxylic acids is 1. The molecular formula is C12H16ClN3O4. The fourth-order valence-corrected chi connectivity index (χ4v) is 1.81. The molecule has 0 aromatic carbocycles. The van der Waals surface area contributed by atoms with Crippen molar-refractivity contribution in [1.82, 2.24) is 9.97 Å². The largest absolute Gasteiger partial charge is 0.481 e. The van der Waals surface area contributed by atoms with E-state index in [0.717, 1.165) is 0 Å². The molecule has 0 atom stereocenters. The van der Waals surface area contributed by atoms with Gasteiger partial charge in [0.25, 0.3) is 0 Å². The average molecular weight is 302 g/mol. The Morgan fingerprint density at radius 2 is 2.05 bits per heavy atom. The lowest BCUT2D eigenvalue weighted by Gasteiger charge is -2.21. The first kappa shape index (κ1) is 16.2. The number of amides is 1. The zero-order valence-corrected chi connectivity index (χ0v) is 12.2. The summed E-state index contributed by atoms with van der Waals surface area (Å²) in [4.78, 5) is 30.3. The van der Waals surface area contributed by atoms with E-state index in [1.807, 2.05) is 0 Å². The van der Waals surface area contributed by atoms with Gasteiger partial charge >= 0.3 is 5.97 Å². The molecule has 1 amide bonds. The number of nitrogens with one attached hydrogen (secondary N) is 1. The van der Waals surface area contributed by atoms with Gasteiger partial charge in [0.2, 0.25) is 17.7 Å². The van der Waals surface area contributed by atoms with Crippen LogP contribution in [0.25, 0.3) is 0 Å². The maximum atomic E-state index is 11.9. The van der Waals surface area contributed by atoms with Crippen LogP contribution < -0.4 is 10.1 Å². The molecule has 0 saturated heterocycles. The lowest BCUT2D eigenvalue weighted by atomic mass is 9.85. The molecule has 2 N–H and O–H groups in total. The molecule has 20 heavy (non-hydrogen) atoms. The zero-order chi connectivity index (χ0) is 15.3. The predicted molar refractivity (Wildman–Crippen MR) is 72.9 cm³/mol. The number of methoxy groups -OCH3 is 1. The summed E-state index contributed by atoms with van der Waals surface area (Å²) >= 11 is 5.75. The highest BCUT2D eigenvalue weighted by molar-refractivity contribution is 6.29. The number of ether oxygens (including phenoxy) is 1. The summed E-state index contributed by atoms with van der Waals surface area (Å²) in [7, 11) is 1.42. The number of nitrogens with zero attached hydrogens (tertiary/aromatic N) is 2. The Hall–Kier alpha value is -1.89. The number of anilines is 1. The van der Waals surface area contributed by atoms with Crippen molar-refractivity contribution in [2.45, 2.75) is 26.7 Å². The maximum absolute atomic E-state index is 11.9. The molecule has 7 nitrogen and oxygen atoms in total. The third-order valence-electron chi connectivity index (χ3n) is 2.40. The second-order valence-corrected chi connectivity index (χ2v) is 5.40. The Bertz CT molecular complexity index is 519. The first-order chi connectivity index (χ1) is 9.21. The normalized spacial score (nSPS) is 11.0. The number of carboxylic acid groups (broad SMARTS) is 1. The first-order valence-corrected chi connectivity index (χ1v) is 6.20. The summed E-state index contributed by atoms with van der Waals surface area (Å²) in [5, 5.41) is 11.4. The van der Waals surface area contributed by atoms with Crippen LogP contribution in [0, 0.1) is 5.41 Å². The maximum Gasteiger partial charge on any atom is 0.303 e. The van der Waals surface area contributed by atoms with Crippen LogP contribution in [0.15, 0.2) is 6.07 Å². The highest BCUT2D eigenvalue weighted by Gasteiger charge is 2.25. The number of carbonyl (C=O) groups is 2. The minimum atomic E-state index is -0.955. The quantitative estimate of drug-likeness (QED) is 0.779. The Labute approximate surface area is 121 Å². The van der Waals surface area contributed by atoms with E-state index < -0.39 is 11.4 Å². The predicted octanol–water partition coefficient (Wildman–Crippen LogP) is 1.97. The SMILES string of the molecule is COc1cc(Cl)nc(NC(=O)CC(C)(C)CC(=O)O)n1. The van der Waals surface area contributed by atoms with Crippen molar-refractivity contribution in [1.29, 1.82) is 0 Å². The van der Waals surface area contributed by atoms with Gasteiger partial charge in [0, 0.05) is 12.5 Å².